The second-order valence-electron chi connectivity index (χ2n) is 6.06. The maximum Gasteiger partial charge on any atom is 0.151 e. The number of sulfone groups is 1. The molecule has 1 aliphatic heterocycles. The van der Waals surface area contributed by atoms with Gasteiger partial charge in [0.15, 0.2) is 9.84 Å². The minimum Gasteiger partial charge on any atom is -0.326 e. The fourth-order valence-corrected chi connectivity index (χ4v) is 4.86. The second-order valence-corrected chi connectivity index (χ2v) is 8.29. The van der Waals surface area contributed by atoms with Crippen molar-refractivity contribution < 1.29 is 8.42 Å². The molecule has 1 aromatic carbocycles. The smallest absolute Gasteiger partial charge is 0.151 e. The van der Waals surface area contributed by atoms with Crippen molar-refractivity contribution in [3.63, 3.8) is 0 Å². The normalized spacial score (nSPS) is 21.4. The molecule has 0 saturated carbocycles. The Bertz CT molecular complexity index is 778. The van der Waals surface area contributed by atoms with E-state index in [2.05, 4.69) is 18.4 Å². The molecule has 2 aromatic rings. The largest absolute Gasteiger partial charge is 0.326 e. The van der Waals surface area contributed by atoms with Gasteiger partial charge in [0.1, 0.15) is 5.82 Å². The third kappa shape index (κ3) is 2.58. The predicted molar refractivity (Wildman–Crippen MR) is 84.0 cm³/mol. The Morgan fingerprint density at radius 2 is 2.19 bits per heavy atom. The summed E-state index contributed by atoms with van der Waals surface area (Å²) in [7, 11) is -2.91. The van der Waals surface area contributed by atoms with Gasteiger partial charge in [-0.15, -0.1) is 0 Å². The highest BCUT2D eigenvalue weighted by molar-refractivity contribution is 7.91. The summed E-state index contributed by atoms with van der Waals surface area (Å²) >= 11 is 0. The minimum absolute atomic E-state index is 0.00567. The van der Waals surface area contributed by atoms with E-state index < -0.39 is 9.84 Å². The molecule has 21 heavy (non-hydrogen) atoms. The summed E-state index contributed by atoms with van der Waals surface area (Å²) in [5.41, 5.74) is 8.70. The van der Waals surface area contributed by atoms with Crippen LogP contribution in [0.5, 0.6) is 0 Å². The lowest BCUT2D eigenvalue weighted by atomic mass is 10.1. The molecule has 0 bridgehead atoms. The number of hydrogen-bond acceptors (Lipinski definition) is 4. The molecule has 5 nitrogen and oxygen atoms in total. The Morgan fingerprint density at radius 3 is 2.76 bits per heavy atom. The van der Waals surface area contributed by atoms with Gasteiger partial charge in [-0.1, -0.05) is 6.07 Å². The molecule has 3 rings (SSSR count). The number of nitrogens with zero attached hydrogens (tertiary/aromatic N) is 2. The summed E-state index contributed by atoms with van der Waals surface area (Å²) in [6.07, 6.45) is 0.669. The first-order valence-corrected chi connectivity index (χ1v) is 9.14. The number of fused-ring (bicyclic) bond motifs is 1. The molecule has 1 unspecified atom stereocenters. The monoisotopic (exact) mass is 307 g/mol. The average molecular weight is 307 g/mol. The van der Waals surface area contributed by atoms with Crippen molar-refractivity contribution >= 4 is 20.9 Å². The molecule has 2 N–H and O–H groups in total. The van der Waals surface area contributed by atoms with Crippen molar-refractivity contribution in [3.8, 4) is 0 Å². The second kappa shape index (κ2) is 5.10. The Hall–Kier alpha value is -1.40. The van der Waals surface area contributed by atoms with E-state index in [4.69, 9.17) is 10.7 Å². The summed E-state index contributed by atoms with van der Waals surface area (Å²) in [6, 6.07) is 6.30. The topological polar surface area (TPSA) is 78.0 Å². The summed E-state index contributed by atoms with van der Waals surface area (Å²) in [5, 5.41) is 0. The number of rotatable bonds is 3. The van der Waals surface area contributed by atoms with Crippen LogP contribution in [-0.2, 0) is 16.4 Å². The van der Waals surface area contributed by atoms with Gasteiger partial charge in [-0.25, -0.2) is 13.4 Å². The number of aromatic nitrogens is 2. The van der Waals surface area contributed by atoms with Gasteiger partial charge in [-0.3, -0.25) is 0 Å². The maximum atomic E-state index is 11.8. The Kier molecular flexibility index (Phi) is 3.53. The first-order valence-electron chi connectivity index (χ1n) is 7.32. The Balaban J connectivity index is 2.15. The van der Waals surface area contributed by atoms with Crippen LogP contribution >= 0.6 is 0 Å². The number of nitrogens with two attached hydrogens (primary N) is 1. The van der Waals surface area contributed by atoms with E-state index in [0.717, 1.165) is 22.4 Å². The SMILES string of the molecule is CC(C)n1c(C2CCS(=O)(=O)C2)nc2cc(CN)ccc21. The molecule has 0 spiro atoms. The number of hydrogen-bond donors (Lipinski definition) is 1. The molecule has 1 fully saturated rings. The van der Waals surface area contributed by atoms with Crippen LogP contribution in [0.4, 0.5) is 0 Å². The van der Waals surface area contributed by atoms with Gasteiger partial charge in [0.05, 0.1) is 22.5 Å². The highest BCUT2D eigenvalue weighted by Gasteiger charge is 2.33. The molecular formula is C15H21N3O2S. The molecule has 114 valence electrons. The summed E-state index contributed by atoms with van der Waals surface area (Å²) in [4.78, 5) is 4.73. The molecule has 1 aliphatic rings. The molecule has 2 heterocycles. The quantitative estimate of drug-likeness (QED) is 0.940. The van der Waals surface area contributed by atoms with Crippen molar-refractivity contribution in [1.82, 2.24) is 9.55 Å². The maximum absolute atomic E-state index is 11.8. The first kappa shape index (κ1) is 14.5. The van der Waals surface area contributed by atoms with Crippen LogP contribution in [0, 0.1) is 0 Å². The van der Waals surface area contributed by atoms with Crippen LogP contribution < -0.4 is 5.73 Å². The van der Waals surface area contributed by atoms with Crippen LogP contribution in [0.1, 0.15) is 43.6 Å². The van der Waals surface area contributed by atoms with Crippen LogP contribution in [-0.4, -0.2) is 29.5 Å². The van der Waals surface area contributed by atoms with Gasteiger partial charge in [0.2, 0.25) is 0 Å². The number of imidazole rings is 1. The highest BCUT2D eigenvalue weighted by atomic mass is 32.2. The predicted octanol–water partition coefficient (Wildman–Crippen LogP) is 1.98. The van der Waals surface area contributed by atoms with E-state index in [-0.39, 0.29) is 23.5 Å². The minimum atomic E-state index is -2.91. The van der Waals surface area contributed by atoms with Gasteiger partial charge < -0.3 is 10.3 Å². The Morgan fingerprint density at radius 1 is 1.43 bits per heavy atom. The molecule has 1 atom stereocenters. The van der Waals surface area contributed by atoms with Crippen LogP contribution in [0.2, 0.25) is 0 Å². The lowest BCUT2D eigenvalue weighted by Crippen LogP contribution is -2.12. The van der Waals surface area contributed by atoms with E-state index in [0.29, 0.717) is 13.0 Å². The van der Waals surface area contributed by atoms with E-state index in [9.17, 15) is 8.42 Å². The summed E-state index contributed by atoms with van der Waals surface area (Å²) in [5.74, 6) is 1.39. The van der Waals surface area contributed by atoms with Crippen LogP contribution in [0.3, 0.4) is 0 Å². The summed E-state index contributed by atoms with van der Waals surface area (Å²) < 4.78 is 25.7. The van der Waals surface area contributed by atoms with Crippen molar-refractivity contribution in [2.75, 3.05) is 11.5 Å². The highest BCUT2D eigenvalue weighted by Crippen LogP contribution is 2.33. The van der Waals surface area contributed by atoms with E-state index in [1.54, 1.807) is 0 Å². The zero-order valence-electron chi connectivity index (χ0n) is 12.4. The lowest BCUT2D eigenvalue weighted by Gasteiger charge is -2.16. The molecule has 0 radical (unpaired) electrons. The average Bonchev–Trinajstić information content (AvgIpc) is 2.97. The summed E-state index contributed by atoms with van der Waals surface area (Å²) in [6.45, 7) is 4.69. The van der Waals surface area contributed by atoms with Gasteiger partial charge in [0, 0.05) is 18.5 Å². The fraction of sp³-hybridized carbons (Fsp3) is 0.533. The van der Waals surface area contributed by atoms with Gasteiger partial charge >= 0.3 is 0 Å². The molecular weight excluding hydrogens is 286 g/mol. The fourth-order valence-electron chi connectivity index (χ4n) is 3.12. The Labute approximate surface area is 125 Å². The lowest BCUT2D eigenvalue weighted by molar-refractivity contribution is 0.553. The van der Waals surface area contributed by atoms with E-state index in [1.807, 2.05) is 18.2 Å². The van der Waals surface area contributed by atoms with Crippen LogP contribution in [0.25, 0.3) is 11.0 Å². The molecule has 1 aromatic heterocycles. The molecule has 1 saturated heterocycles. The molecule has 6 heteroatoms. The van der Waals surface area contributed by atoms with Crippen molar-refractivity contribution in [2.45, 2.75) is 38.8 Å². The molecule has 0 amide bonds. The third-order valence-corrected chi connectivity index (χ3v) is 5.90. The van der Waals surface area contributed by atoms with E-state index >= 15 is 0 Å². The van der Waals surface area contributed by atoms with Gasteiger partial charge in [0.25, 0.3) is 0 Å². The van der Waals surface area contributed by atoms with Crippen molar-refractivity contribution in [1.29, 1.82) is 0 Å². The number of benzene rings is 1. The van der Waals surface area contributed by atoms with Crippen LogP contribution in [0.15, 0.2) is 18.2 Å². The zero-order valence-corrected chi connectivity index (χ0v) is 13.2. The third-order valence-electron chi connectivity index (χ3n) is 4.13. The van der Waals surface area contributed by atoms with E-state index in [1.165, 1.54) is 0 Å². The van der Waals surface area contributed by atoms with Crippen molar-refractivity contribution in [2.24, 2.45) is 5.73 Å². The van der Waals surface area contributed by atoms with Crippen molar-refractivity contribution in [3.05, 3.63) is 29.6 Å². The van der Waals surface area contributed by atoms with Gasteiger partial charge in [-0.05, 0) is 38.0 Å². The standard InChI is InChI=1S/C15H21N3O2S/c1-10(2)18-14-4-3-11(8-16)7-13(14)17-15(18)12-5-6-21(19,20)9-12/h3-4,7,10,12H,5-6,8-9,16H2,1-2H3. The molecule has 0 aliphatic carbocycles. The zero-order chi connectivity index (χ0) is 15.2. The first-order chi connectivity index (χ1) is 9.91. The van der Waals surface area contributed by atoms with Gasteiger partial charge in [-0.2, -0.15) is 0 Å².